The molecular formula is C15H13ClFNO. The lowest BCUT2D eigenvalue weighted by Gasteiger charge is -2.27. The van der Waals surface area contributed by atoms with E-state index in [1.807, 2.05) is 24.3 Å². The zero-order valence-electron chi connectivity index (χ0n) is 10.2. The van der Waals surface area contributed by atoms with Gasteiger partial charge in [-0.3, -0.25) is 0 Å². The van der Waals surface area contributed by atoms with Crippen LogP contribution in [0.3, 0.4) is 0 Å². The van der Waals surface area contributed by atoms with Crippen LogP contribution in [0.2, 0.25) is 5.02 Å². The second kappa shape index (κ2) is 5.10. The van der Waals surface area contributed by atoms with Crippen molar-refractivity contribution >= 4 is 17.3 Å². The predicted octanol–water partition coefficient (Wildman–Crippen LogP) is 4.41. The summed E-state index contributed by atoms with van der Waals surface area (Å²) in [7, 11) is 0. The summed E-state index contributed by atoms with van der Waals surface area (Å²) in [5.74, 6) is 0.499. The molecule has 1 unspecified atom stereocenters. The van der Waals surface area contributed by atoms with Crippen molar-refractivity contribution in [2.75, 3.05) is 11.9 Å². The second-order valence-corrected chi connectivity index (χ2v) is 4.91. The zero-order chi connectivity index (χ0) is 13.2. The summed E-state index contributed by atoms with van der Waals surface area (Å²) >= 11 is 5.79. The minimum Gasteiger partial charge on any atom is -0.493 e. The molecule has 0 amide bonds. The number of fused-ring (bicyclic) bond motifs is 1. The van der Waals surface area contributed by atoms with Crippen molar-refractivity contribution in [1.29, 1.82) is 0 Å². The van der Waals surface area contributed by atoms with Crippen molar-refractivity contribution in [2.24, 2.45) is 0 Å². The van der Waals surface area contributed by atoms with E-state index in [9.17, 15) is 4.39 Å². The van der Waals surface area contributed by atoms with Gasteiger partial charge >= 0.3 is 0 Å². The predicted molar refractivity (Wildman–Crippen MR) is 74.3 cm³/mol. The Morgan fingerprint density at radius 2 is 2.05 bits per heavy atom. The number of anilines is 1. The fourth-order valence-corrected chi connectivity index (χ4v) is 2.46. The second-order valence-electron chi connectivity index (χ2n) is 4.50. The monoisotopic (exact) mass is 277 g/mol. The van der Waals surface area contributed by atoms with Crippen molar-refractivity contribution in [1.82, 2.24) is 0 Å². The summed E-state index contributed by atoms with van der Waals surface area (Å²) < 4.78 is 18.7. The molecule has 2 aromatic rings. The number of para-hydroxylation sites is 1. The quantitative estimate of drug-likeness (QED) is 0.878. The van der Waals surface area contributed by atoms with Crippen LogP contribution in [-0.4, -0.2) is 6.61 Å². The van der Waals surface area contributed by atoms with Gasteiger partial charge in [0.15, 0.2) is 0 Å². The van der Waals surface area contributed by atoms with Gasteiger partial charge in [0.1, 0.15) is 11.6 Å². The first-order valence-corrected chi connectivity index (χ1v) is 6.55. The molecule has 0 bridgehead atoms. The lowest BCUT2D eigenvalue weighted by atomic mass is 10.0. The fourth-order valence-electron chi connectivity index (χ4n) is 2.28. The highest BCUT2D eigenvalue weighted by Crippen LogP contribution is 2.34. The van der Waals surface area contributed by atoms with Gasteiger partial charge in [0, 0.05) is 17.7 Å². The zero-order valence-corrected chi connectivity index (χ0v) is 11.0. The first kappa shape index (κ1) is 12.3. The van der Waals surface area contributed by atoms with E-state index in [2.05, 4.69) is 5.32 Å². The largest absolute Gasteiger partial charge is 0.493 e. The van der Waals surface area contributed by atoms with E-state index in [0.29, 0.717) is 6.61 Å². The van der Waals surface area contributed by atoms with Crippen LogP contribution in [0, 0.1) is 5.82 Å². The van der Waals surface area contributed by atoms with Crippen LogP contribution in [0.5, 0.6) is 5.75 Å². The lowest BCUT2D eigenvalue weighted by molar-refractivity contribution is 0.274. The normalized spacial score (nSPS) is 17.5. The summed E-state index contributed by atoms with van der Waals surface area (Å²) in [5.41, 5.74) is 1.93. The van der Waals surface area contributed by atoms with Gasteiger partial charge in [-0.05, 0) is 24.3 Å². The van der Waals surface area contributed by atoms with Crippen LogP contribution in [0.4, 0.5) is 10.1 Å². The highest BCUT2D eigenvalue weighted by Gasteiger charge is 2.20. The van der Waals surface area contributed by atoms with Crippen molar-refractivity contribution in [3.63, 3.8) is 0 Å². The molecule has 0 aromatic heterocycles. The Morgan fingerprint density at radius 1 is 1.21 bits per heavy atom. The van der Waals surface area contributed by atoms with Crippen LogP contribution in [0.25, 0.3) is 0 Å². The maximum absolute atomic E-state index is 13.1. The fraction of sp³-hybridized carbons (Fsp3) is 0.200. The van der Waals surface area contributed by atoms with E-state index in [-0.39, 0.29) is 11.1 Å². The third-order valence-electron chi connectivity index (χ3n) is 3.22. The van der Waals surface area contributed by atoms with Crippen LogP contribution in [-0.2, 0) is 0 Å². The Kier molecular flexibility index (Phi) is 3.30. The molecule has 0 saturated heterocycles. The molecule has 2 aromatic carbocycles. The molecule has 0 aliphatic carbocycles. The number of ether oxygens (including phenoxy) is 1. The van der Waals surface area contributed by atoms with Crippen LogP contribution in [0.1, 0.15) is 18.0 Å². The maximum atomic E-state index is 13.1. The topological polar surface area (TPSA) is 21.3 Å². The van der Waals surface area contributed by atoms with Gasteiger partial charge in [0.05, 0.1) is 17.7 Å². The van der Waals surface area contributed by atoms with Gasteiger partial charge in [0.2, 0.25) is 0 Å². The molecule has 0 saturated carbocycles. The molecule has 0 spiro atoms. The number of nitrogens with one attached hydrogen (secondary N) is 1. The Morgan fingerprint density at radius 3 is 2.89 bits per heavy atom. The summed E-state index contributed by atoms with van der Waals surface area (Å²) in [6.07, 6.45) is 0.867. The molecule has 1 heterocycles. The molecule has 98 valence electrons. The van der Waals surface area contributed by atoms with Crippen molar-refractivity contribution in [3.05, 3.63) is 58.9 Å². The highest BCUT2D eigenvalue weighted by atomic mass is 35.5. The van der Waals surface area contributed by atoms with Gasteiger partial charge in [-0.1, -0.05) is 29.8 Å². The lowest BCUT2D eigenvalue weighted by Crippen LogP contribution is -2.20. The van der Waals surface area contributed by atoms with Crippen molar-refractivity contribution < 1.29 is 9.13 Å². The molecule has 19 heavy (non-hydrogen) atoms. The molecule has 1 N–H and O–H groups in total. The van der Waals surface area contributed by atoms with Crippen LogP contribution in [0.15, 0.2) is 42.5 Å². The minimum absolute atomic E-state index is 0.130. The Balaban J connectivity index is 1.86. The van der Waals surface area contributed by atoms with Crippen LogP contribution < -0.4 is 10.1 Å². The number of hydrogen-bond acceptors (Lipinski definition) is 2. The smallest absolute Gasteiger partial charge is 0.141 e. The molecule has 1 aliphatic heterocycles. The molecule has 2 nitrogen and oxygen atoms in total. The van der Waals surface area contributed by atoms with Gasteiger partial charge < -0.3 is 10.1 Å². The van der Waals surface area contributed by atoms with Gasteiger partial charge in [0.25, 0.3) is 0 Å². The number of hydrogen-bond donors (Lipinski definition) is 1. The molecule has 1 aliphatic rings. The number of rotatable bonds is 2. The molecular weight excluding hydrogens is 265 g/mol. The Labute approximate surface area is 116 Å². The average molecular weight is 278 g/mol. The third-order valence-corrected chi connectivity index (χ3v) is 3.51. The van der Waals surface area contributed by atoms with Gasteiger partial charge in [-0.2, -0.15) is 0 Å². The molecule has 0 fully saturated rings. The van der Waals surface area contributed by atoms with E-state index >= 15 is 0 Å². The first-order valence-electron chi connectivity index (χ1n) is 6.17. The third kappa shape index (κ3) is 2.51. The van der Waals surface area contributed by atoms with Gasteiger partial charge in [-0.25, -0.2) is 4.39 Å². The summed E-state index contributed by atoms with van der Waals surface area (Å²) in [6.45, 7) is 0.670. The van der Waals surface area contributed by atoms with Gasteiger partial charge in [-0.15, -0.1) is 0 Å². The summed E-state index contributed by atoms with van der Waals surface area (Å²) in [6, 6.07) is 12.8. The summed E-state index contributed by atoms with van der Waals surface area (Å²) in [4.78, 5) is 0. The highest BCUT2D eigenvalue weighted by molar-refractivity contribution is 6.31. The standard InChI is InChI=1S/C15H13ClFNO/c16-12-9-10(5-6-13(12)17)18-14-7-8-19-15-4-2-1-3-11(14)15/h1-6,9,14,18H,7-8H2. The first-order chi connectivity index (χ1) is 9.24. The van der Waals surface area contributed by atoms with Crippen LogP contribution >= 0.6 is 11.6 Å². The molecule has 4 heteroatoms. The van der Waals surface area contributed by atoms with Crippen molar-refractivity contribution in [3.8, 4) is 5.75 Å². The molecule has 0 radical (unpaired) electrons. The molecule has 3 rings (SSSR count). The molecule has 1 atom stereocenters. The summed E-state index contributed by atoms with van der Waals surface area (Å²) in [5, 5.41) is 3.50. The van der Waals surface area contributed by atoms with E-state index in [0.717, 1.165) is 23.4 Å². The Bertz CT molecular complexity index is 602. The Hall–Kier alpha value is -1.74. The van der Waals surface area contributed by atoms with E-state index < -0.39 is 5.82 Å². The van der Waals surface area contributed by atoms with E-state index in [1.165, 1.54) is 6.07 Å². The maximum Gasteiger partial charge on any atom is 0.141 e. The number of halogens is 2. The SMILES string of the molecule is Fc1ccc(NC2CCOc3ccccc32)cc1Cl. The number of benzene rings is 2. The van der Waals surface area contributed by atoms with E-state index in [4.69, 9.17) is 16.3 Å². The minimum atomic E-state index is -0.403. The van der Waals surface area contributed by atoms with Crippen molar-refractivity contribution in [2.45, 2.75) is 12.5 Å². The van der Waals surface area contributed by atoms with E-state index in [1.54, 1.807) is 12.1 Å². The average Bonchev–Trinajstić information content (AvgIpc) is 2.43.